The number of nitro groups is 2. The minimum Gasteiger partial charge on any atom is -0.393 e. The summed E-state index contributed by atoms with van der Waals surface area (Å²) in [5.74, 6) is 0. The van der Waals surface area contributed by atoms with Crippen molar-refractivity contribution in [3.05, 3.63) is 38.4 Å². The highest BCUT2D eigenvalue weighted by molar-refractivity contribution is 6.46. The first-order valence-corrected chi connectivity index (χ1v) is 10.3. The van der Waals surface area contributed by atoms with Gasteiger partial charge in [-0.15, -0.1) is 0 Å². The molecule has 151 valence electrons. The first kappa shape index (κ1) is 23.0. The van der Waals surface area contributed by atoms with Gasteiger partial charge >= 0.3 is 9.28 Å². The number of nitro benzene ring substituents is 2. The van der Waals surface area contributed by atoms with Gasteiger partial charge in [-0.1, -0.05) is 6.92 Å². The van der Waals surface area contributed by atoms with Gasteiger partial charge in [0.2, 0.25) is 0 Å². The minimum absolute atomic E-state index is 0.286. The number of nitrogens with zero attached hydrogens (tertiary/aromatic N) is 3. The van der Waals surface area contributed by atoms with Gasteiger partial charge in [0.05, 0.1) is 21.6 Å². The van der Waals surface area contributed by atoms with Crippen molar-refractivity contribution in [2.45, 2.75) is 39.3 Å². The molecule has 0 bridgehead atoms. The van der Waals surface area contributed by atoms with Crippen LogP contribution in [0.3, 0.4) is 0 Å². The van der Waals surface area contributed by atoms with Gasteiger partial charge in [0.15, 0.2) is 0 Å². The number of non-ortho nitro benzene ring substituents is 1. The highest BCUT2D eigenvalue weighted by atomic mass is 28.3. The fourth-order valence-electron chi connectivity index (χ4n) is 2.61. The molecule has 0 saturated carbocycles. The van der Waals surface area contributed by atoms with Crippen LogP contribution in [0.1, 0.15) is 33.6 Å². The number of benzene rings is 1. The fraction of sp³-hybridized carbons (Fsp3) is 0.625. The van der Waals surface area contributed by atoms with Crippen molar-refractivity contribution < 1.29 is 18.7 Å². The molecule has 0 fully saturated rings. The van der Waals surface area contributed by atoms with Gasteiger partial charge < -0.3 is 19.5 Å². The van der Waals surface area contributed by atoms with E-state index in [0.29, 0.717) is 38.4 Å². The third kappa shape index (κ3) is 6.86. The Balaban J connectivity index is 3.01. The van der Waals surface area contributed by atoms with Crippen molar-refractivity contribution in [3.63, 3.8) is 0 Å². The number of hydrogen-bond acceptors (Lipinski definition) is 8. The number of rotatable bonds is 13. The maximum Gasteiger partial charge on any atom is 0.403 e. The van der Waals surface area contributed by atoms with Gasteiger partial charge in [0.1, 0.15) is 5.69 Å². The molecule has 0 heterocycles. The maximum absolute atomic E-state index is 11.4. The lowest BCUT2D eigenvalue weighted by Gasteiger charge is -2.27. The topological polar surface area (TPSA) is 134 Å². The molecule has 0 aliphatic heterocycles. The Morgan fingerprint density at radius 3 is 2.22 bits per heavy atom. The van der Waals surface area contributed by atoms with Crippen LogP contribution in [0.5, 0.6) is 0 Å². The van der Waals surface area contributed by atoms with Crippen LogP contribution in [0.15, 0.2) is 18.2 Å². The lowest BCUT2D eigenvalue weighted by molar-refractivity contribution is -0.393. The molecular formula is C16H27N4O6Si. The van der Waals surface area contributed by atoms with Gasteiger partial charge in [-0.05, 0) is 32.8 Å². The van der Waals surface area contributed by atoms with E-state index in [1.54, 1.807) is 0 Å². The molecule has 1 aromatic carbocycles. The number of hydrogen-bond donors (Lipinski definition) is 1. The molecule has 1 unspecified atom stereocenters. The van der Waals surface area contributed by atoms with Crippen molar-refractivity contribution >= 4 is 26.3 Å². The van der Waals surface area contributed by atoms with E-state index in [-0.39, 0.29) is 17.0 Å². The average Bonchev–Trinajstić information content (AvgIpc) is 2.64. The fourth-order valence-corrected chi connectivity index (χ4v) is 4.06. The Bertz CT molecular complexity index is 627. The quantitative estimate of drug-likeness (QED) is 0.304. The van der Waals surface area contributed by atoms with Crippen LogP contribution >= 0.6 is 0 Å². The molecule has 0 amide bonds. The van der Waals surface area contributed by atoms with Crippen molar-refractivity contribution in [1.82, 2.24) is 0 Å². The Hall–Kier alpha value is -2.08. The zero-order valence-corrected chi connectivity index (χ0v) is 16.9. The zero-order valence-electron chi connectivity index (χ0n) is 15.9. The largest absolute Gasteiger partial charge is 0.403 e. The minimum atomic E-state index is -1.63. The molecule has 27 heavy (non-hydrogen) atoms. The van der Waals surface area contributed by atoms with Crippen LogP contribution < -0.4 is 10.6 Å². The van der Waals surface area contributed by atoms with E-state index in [4.69, 9.17) is 14.6 Å². The number of anilines is 1. The Kier molecular flexibility index (Phi) is 9.86. The lowest BCUT2D eigenvalue weighted by atomic mass is 10.2. The molecule has 0 aliphatic rings. The molecule has 1 aromatic rings. The summed E-state index contributed by atoms with van der Waals surface area (Å²) >= 11 is 0. The van der Waals surface area contributed by atoms with E-state index >= 15 is 0 Å². The SMILES string of the molecule is CCCN(CCC(N)[Si](OCC)OCC)c1ccc([N+](=O)[O-])cc1[N+](=O)[O-]. The highest BCUT2D eigenvalue weighted by Crippen LogP contribution is 2.32. The van der Waals surface area contributed by atoms with Crippen LogP contribution in [0.4, 0.5) is 17.1 Å². The summed E-state index contributed by atoms with van der Waals surface area (Å²) < 4.78 is 11.2. The molecule has 1 radical (unpaired) electrons. The van der Waals surface area contributed by atoms with Crippen molar-refractivity contribution in [3.8, 4) is 0 Å². The summed E-state index contributed by atoms with van der Waals surface area (Å²) in [5, 5.41) is 22.3. The third-order valence-corrected chi connectivity index (χ3v) is 5.83. The second-order valence-corrected chi connectivity index (χ2v) is 7.71. The van der Waals surface area contributed by atoms with E-state index < -0.39 is 19.1 Å². The number of nitrogens with two attached hydrogens (primary N) is 1. The smallest absolute Gasteiger partial charge is 0.393 e. The normalized spacial score (nSPS) is 12.2. The first-order valence-electron chi connectivity index (χ1n) is 8.91. The standard InChI is InChI=1S/C16H27N4O6Si/c1-4-10-18(11-9-16(17)27(25-5-2)26-6-3)14-8-7-13(19(21)22)12-15(14)20(23)24/h7-8,12,16H,4-6,9-11,17H2,1-3H3. The summed E-state index contributed by atoms with van der Waals surface area (Å²) in [6.45, 7) is 7.75. The van der Waals surface area contributed by atoms with Crippen LogP contribution in [0.2, 0.25) is 0 Å². The molecule has 0 aliphatic carbocycles. The second-order valence-electron chi connectivity index (χ2n) is 5.75. The van der Waals surface area contributed by atoms with Crippen LogP contribution in [0, 0.1) is 20.2 Å². The van der Waals surface area contributed by atoms with E-state index in [2.05, 4.69) is 0 Å². The maximum atomic E-state index is 11.4. The van der Waals surface area contributed by atoms with E-state index in [9.17, 15) is 20.2 Å². The molecular weight excluding hydrogens is 372 g/mol. The van der Waals surface area contributed by atoms with Crippen molar-refractivity contribution in [2.24, 2.45) is 5.73 Å². The molecule has 0 aromatic heterocycles. The third-order valence-electron chi connectivity index (χ3n) is 3.79. The van der Waals surface area contributed by atoms with Crippen LogP contribution in [-0.2, 0) is 8.85 Å². The van der Waals surface area contributed by atoms with E-state index in [0.717, 1.165) is 12.5 Å². The summed E-state index contributed by atoms with van der Waals surface area (Å²) in [6, 6.07) is 3.70. The van der Waals surface area contributed by atoms with Crippen molar-refractivity contribution in [1.29, 1.82) is 0 Å². The molecule has 0 saturated heterocycles. The van der Waals surface area contributed by atoms with Gasteiger partial charge in [-0.25, -0.2) is 0 Å². The summed E-state index contributed by atoms with van der Waals surface area (Å²) in [7, 11) is -1.63. The molecule has 1 atom stereocenters. The van der Waals surface area contributed by atoms with Gasteiger partial charge in [-0.3, -0.25) is 20.2 Å². The van der Waals surface area contributed by atoms with E-state index in [1.165, 1.54) is 12.1 Å². The Morgan fingerprint density at radius 2 is 1.74 bits per heavy atom. The average molecular weight is 400 g/mol. The molecule has 11 heteroatoms. The first-order chi connectivity index (χ1) is 12.8. The zero-order chi connectivity index (χ0) is 20.4. The van der Waals surface area contributed by atoms with Gasteiger partial charge in [-0.2, -0.15) is 0 Å². The highest BCUT2D eigenvalue weighted by Gasteiger charge is 2.27. The second kappa shape index (κ2) is 11.6. The predicted octanol–water partition coefficient (Wildman–Crippen LogP) is 2.54. The van der Waals surface area contributed by atoms with Crippen molar-refractivity contribution in [2.75, 3.05) is 31.2 Å². The Morgan fingerprint density at radius 1 is 1.11 bits per heavy atom. The monoisotopic (exact) mass is 399 g/mol. The Labute approximate surface area is 160 Å². The van der Waals surface area contributed by atoms with Crippen LogP contribution in [-0.4, -0.2) is 51.1 Å². The molecule has 2 N–H and O–H groups in total. The van der Waals surface area contributed by atoms with Gasteiger partial charge in [0.25, 0.3) is 11.4 Å². The van der Waals surface area contributed by atoms with E-state index in [1.807, 2.05) is 25.7 Å². The predicted molar refractivity (Wildman–Crippen MR) is 104 cm³/mol. The van der Waals surface area contributed by atoms with Crippen LogP contribution in [0.25, 0.3) is 0 Å². The van der Waals surface area contributed by atoms with Gasteiger partial charge in [0, 0.05) is 32.4 Å². The summed E-state index contributed by atoms with van der Waals surface area (Å²) in [5.41, 5.74) is 5.67. The summed E-state index contributed by atoms with van der Waals surface area (Å²) in [4.78, 5) is 22.9. The molecule has 10 nitrogen and oxygen atoms in total. The lowest BCUT2D eigenvalue weighted by Crippen LogP contribution is -2.46. The molecule has 1 rings (SSSR count). The summed E-state index contributed by atoms with van der Waals surface area (Å²) in [6.07, 6.45) is 1.29. The molecule has 0 spiro atoms.